The van der Waals surface area contributed by atoms with Gasteiger partial charge in [-0.2, -0.15) is 0 Å². The van der Waals surface area contributed by atoms with E-state index >= 15 is 0 Å². The van der Waals surface area contributed by atoms with E-state index in [0.717, 1.165) is 5.01 Å². The average molecular weight is 371 g/mol. The largest absolute Gasteiger partial charge is 0.481 e. The van der Waals surface area contributed by atoms with Gasteiger partial charge in [-0.3, -0.25) is 24.4 Å². The molecule has 12 heteroatoms. The number of carbonyl (C=O) groups excluding carboxylic acids is 3. The van der Waals surface area contributed by atoms with Crippen molar-refractivity contribution in [3.05, 3.63) is 0 Å². The fourth-order valence-corrected chi connectivity index (χ4v) is 2.73. The van der Waals surface area contributed by atoms with Crippen molar-refractivity contribution in [2.75, 3.05) is 7.05 Å². The lowest BCUT2D eigenvalue weighted by molar-refractivity contribution is -0.139. The number of nitrogens with zero attached hydrogens (tertiary/aromatic N) is 2. The first-order valence-corrected chi connectivity index (χ1v) is 8.04. The molecule has 1 fully saturated rings. The molecule has 146 valence electrons. The van der Waals surface area contributed by atoms with E-state index < -0.39 is 30.4 Å². The number of hydrazine groups is 1. The van der Waals surface area contributed by atoms with E-state index in [1.165, 1.54) is 7.05 Å². The summed E-state index contributed by atoms with van der Waals surface area (Å²) in [6.07, 6.45) is 1.77. The summed E-state index contributed by atoms with van der Waals surface area (Å²) in [4.78, 5) is 50.1. The molecule has 4 amide bonds. The number of carbonyl (C=O) groups is 4. The second-order valence-corrected chi connectivity index (χ2v) is 6.09. The molecule has 0 radical (unpaired) electrons. The minimum absolute atomic E-state index is 0.0144. The highest BCUT2D eigenvalue weighted by Gasteiger charge is 2.29. The molecule has 1 saturated carbocycles. The van der Waals surface area contributed by atoms with Crippen LogP contribution in [0.1, 0.15) is 32.1 Å². The summed E-state index contributed by atoms with van der Waals surface area (Å²) in [5.74, 6) is -2.87. The van der Waals surface area contributed by atoms with Gasteiger partial charge in [0.25, 0.3) is 0 Å². The van der Waals surface area contributed by atoms with Gasteiger partial charge in [0, 0.05) is 13.0 Å². The fourth-order valence-electron chi connectivity index (χ4n) is 2.73. The molecule has 1 aliphatic carbocycles. The van der Waals surface area contributed by atoms with E-state index in [-0.39, 0.29) is 23.8 Å². The number of urea groups is 1. The number of guanidine groups is 1. The second-order valence-electron chi connectivity index (χ2n) is 6.09. The monoisotopic (exact) mass is 371 g/mol. The van der Waals surface area contributed by atoms with Crippen molar-refractivity contribution < 1.29 is 24.3 Å². The molecule has 12 nitrogen and oxygen atoms in total. The van der Waals surface area contributed by atoms with Crippen LogP contribution < -0.4 is 27.9 Å². The van der Waals surface area contributed by atoms with E-state index in [4.69, 9.17) is 22.3 Å². The number of nitrogens with one attached hydrogen (secondary N) is 2. The SMILES string of the molecule is CN(NC(=O)N[C@@H](CC(=O)O)C(N)=O)C(=O)C1CCC(N=C(N)N)CC1. The summed E-state index contributed by atoms with van der Waals surface area (Å²) in [6, 6.07) is -2.30. The Morgan fingerprint density at radius 1 is 1.15 bits per heavy atom. The number of aliphatic imine (C=N–C) groups is 1. The zero-order valence-electron chi connectivity index (χ0n) is 14.5. The van der Waals surface area contributed by atoms with Gasteiger partial charge in [-0.25, -0.2) is 10.2 Å². The van der Waals surface area contributed by atoms with Gasteiger partial charge in [-0.1, -0.05) is 0 Å². The summed E-state index contributed by atoms with van der Waals surface area (Å²) in [7, 11) is 1.36. The number of hydrogen-bond acceptors (Lipinski definition) is 5. The van der Waals surface area contributed by atoms with E-state index in [1.54, 1.807) is 0 Å². The van der Waals surface area contributed by atoms with E-state index in [2.05, 4.69) is 15.7 Å². The van der Waals surface area contributed by atoms with Crippen LogP contribution in [0.3, 0.4) is 0 Å². The van der Waals surface area contributed by atoms with Gasteiger partial charge in [-0.05, 0) is 25.7 Å². The summed E-state index contributed by atoms with van der Waals surface area (Å²) in [5, 5.41) is 11.8. The van der Waals surface area contributed by atoms with Crippen LogP contribution in [0, 0.1) is 5.92 Å². The zero-order chi connectivity index (χ0) is 19.9. The number of hydrogen-bond donors (Lipinski definition) is 6. The van der Waals surface area contributed by atoms with E-state index in [1.807, 2.05) is 0 Å². The number of aliphatic carboxylic acids is 1. The molecule has 0 aromatic heterocycles. The first-order valence-electron chi connectivity index (χ1n) is 8.04. The molecule has 0 spiro atoms. The van der Waals surface area contributed by atoms with Gasteiger partial charge in [0.1, 0.15) is 6.04 Å². The Labute approximate surface area is 150 Å². The maximum absolute atomic E-state index is 12.4. The molecule has 1 rings (SSSR count). The molecule has 0 aromatic rings. The third kappa shape index (κ3) is 6.83. The summed E-state index contributed by atoms with van der Waals surface area (Å²) in [5.41, 5.74) is 18.0. The number of rotatable bonds is 6. The second kappa shape index (κ2) is 9.44. The molecule has 26 heavy (non-hydrogen) atoms. The lowest BCUT2D eigenvalue weighted by Crippen LogP contribution is -2.55. The first-order chi connectivity index (χ1) is 12.1. The maximum atomic E-state index is 12.4. The third-order valence-electron chi connectivity index (χ3n) is 4.00. The Hall–Kier alpha value is -3.05. The number of nitrogens with two attached hydrogens (primary N) is 3. The Morgan fingerprint density at radius 3 is 2.19 bits per heavy atom. The molecule has 0 aliphatic heterocycles. The highest BCUT2D eigenvalue weighted by atomic mass is 16.4. The van der Waals surface area contributed by atoms with Gasteiger partial charge < -0.3 is 27.6 Å². The Morgan fingerprint density at radius 2 is 1.73 bits per heavy atom. The van der Waals surface area contributed by atoms with Gasteiger partial charge >= 0.3 is 12.0 Å². The van der Waals surface area contributed by atoms with Crippen molar-refractivity contribution in [3.63, 3.8) is 0 Å². The van der Waals surface area contributed by atoms with Crippen molar-refractivity contribution >= 4 is 29.8 Å². The normalized spacial score (nSPS) is 20.3. The predicted octanol–water partition coefficient (Wildman–Crippen LogP) is -2.18. The highest BCUT2D eigenvalue weighted by molar-refractivity contribution is 5.90. The number of carboxylic acids is 1. The van der Waals surface area contributed by atoms with Crippen LogP contribution in [-0.2, 0) is 14.4 Å². The summed E-state index contributed by atoms with van der Waals surface area (Å²) >= 11 is 0. The van der Waals surface area contributed by atoms with Crippen molar-refractivity contribution in [3.8, 4) is 0 Å². The Kier molecular flexibility index (Phi) is 7.62. The van der Waals surface area contributed by atoms with Gasteiger partial charge in [0.2, 0.25) is 11.8 Å². The average Bonchev–Trinajstić information content (AvgIpc) is 2.53. The fraction of sp³-hybridized carbons (Fsp3) is 0.643. The van der Waals surface area contributed by atoms with Crippen LogP contribution in [0.25, 0.3) is 0 Å². The van der Waals surface area contributed by atoms with Crippen LogP contribution in [-0.4, -0.2) is 59.0 Å². The first kappa shape index (κ1) is 21.0. The Bertz CT molecular complexity index is 582. The van der Waals surface area contributed by atoms with Crippen LogP contribution in [0.5, 0.6) is 0 Å². The molecule has 0 heterocycles. The predicted molar refractivity (Wildman–Crippen MR) is 91.2 cm³/mol. The van der Waals surface area contributed by atoms with Crippen molar-refractivity contribution in [1.29, 1.82) is 0 Å². The molecule has 9 N–H and O–H groups in total. The van der Waals surface area contributed by atoms with Crippen LogP contribution in [0.2, 0.25) is 0 Å². The molecule has 0 unspecified atom stereocenters. The summed E-state index contributed by atoms with van der Waals surface area (Å²) < 4.78 is 0. The lowest BCUT2D eigenvalue weighted by atomic mass is 9.85. The highest BCUT2D eigenvalue weighted by Crippen LogP contribution is 2.27. The Balaban J connectivity index is 2.51. The third-order valence-corrected chi connectivity index (χ3v) is 4.00. The number of primary amides is 1. The minimum atomic E-state index is -1.38. The minimum Gasteiger partial charge on any atom is -0.481 e. The van der Waals surface area contributed by atoms with Crippen molar-refractivity contribution in [1.82, 2.24) is 15.8 Å². The van der Waals surface area contributed by atoms with Crippen LogP contribution in [0.4, 0.5) is 4.79 Å². The molecule has 0 aromatic carbocycles. The van der Waals surface area contributed by atoms with Gasteiger partial charge in [0.15, 0.2) is 5.96 Å². The zero-order valence-corrected chi connectivity index (χ0v) is 14.5. The number of carboxylic acid groups (broad SMARTS) is 1. The molecular formula is C14H25N7O5. The topological polar surface area (TPSA) is 206 Å². The van der Waals surface area contributed by atoms with Gasteiger partial charge in [-0.15, -0.1) is 0 Å². The van der Waals surface area contributed by atoms with Crippen LogP contribution in [0.15, 0.2) is 4.99 Å². The van der Waals surface area contributed by atoms with Crippen molar-refractivity contribution in [2.24, 2.45) is 28.1 Å². The van der Waals surface area contributed by atoms with Crippen molar-refractivity contribution in [2.45, 2.75) is 44.2 Å². The molecule has 0 bridgehead atoms. The van der Waals surface area contributed by atoms with Gasteiger partial charge in [0.05, 0.1) is 12.5 Å². The van der Waals surface area contributed by atoms with E-state index in [0.29, 0.717) is 25.7 Å². The van der Waals surface area contributed by atoms with E-state index in [9.17, 15) is 19.2 Å². The standard InChI is InChI=1S/C14H25N7O5/c1-21(20-14(26)19-9(11(15)24)6-10(22)23)12(25)7-2-4-8(5-3-7)18-13(16)17/h7-9H,2-6H2,1H3,(H2,15,24)(H,22,23)(H4,16,17,18)(H2,19,20,26)/t7?,8?,9-/m0/s1. The summed E-state index contributed by atoms with van der Waals surface area (Å²) in [6.45, 7) is 0. The van der Waals surface area contributed by atoms with Crippen LogP contribution >= 0.6 is 0 Å². The smallest absolute Gasteiger partial charge is 0.334 e. The molecule has 0 saturated heterocycles. The quantitative estimate of drug-likeness (QED) is 0.173. The lowest BCUT2D eigenvalue weighted by Gasteiger charge is -2.29. The number of amides is 4. The molecular weight excluding hydrogens is 346 g/mol. The molecule has 1 atom stereocenters. The molecule has 1 aliphatic rings. The maximum Gasteiger partial charge on any atom is 0.334 e.